The van der Waals surface area contributed by atoms with Gasteiger partial charge >= 0.3 is 0 Å². The Morgan fingerprint density at radius 2 is 2.00 bits per heavy atom. The van der Waals surface area contributed by atoms with Gasteiger partial charge in [0.05, 0.1) is 5.69 Å². The summed E-state index contributed by atoms with van der Waals surface area (Å²) in [5, 5.41) is 30.9. The maximum Gasteiger partial charge on any atom is 0.229 e. The zero-order chi connectivity index (χ0) is 14.1. The van der Waals surface area contributed by atoms with E-state index in [1.165, 1.54) is 4.90 Å². The van der Waals surface area contributed by atoms with E-state index < -0.39 is 30.1 Å². The van der Waals surface area contributed by atoms with Gasteiger partial charge in [0.25, 0.3) is 0 Å². The number of carbonyl (C=O) groups excluding carboxylic acids is 1. The Hall–Kier alpha value is -1.47. The number of ether oxygens (including phenoxy) is 1. The highest BCUT2D eigenvalue weighted by Gasteiger charge is 2.65. The minimum Gasteiger partial charge on any atom is -0.387 e. The topological polar surface area (TPSA) is 90.2 Å². The summed E-state index contributed by atoms with van der Waals surface area (Å²) < 4.78 is 5.78. The fourth-order valence-corrected chi connectivity index (χ4v) is 3.64. The van der Waals surface area contributed by atoms with Crippen LogP contribution >= 0.6 is 0 Å². The van der Waals surface area contributed by atoms with Crippen molar-refractivity contribution in [3.63, 3.8) is 0 Å². The molecule has 6 nitrogen and oxygen atoms in total. The highest BCUT2D eigenvalue weighted by molar-refractivity contribution is 5.98. The van der Waals surface area contributed by atoms with Crippen molar-refractivity contribution in [2.24, 2.45) is 0 Å². The first kappa shape index (κ1) is 12.3. The third-order valence-electron chi connectivity index (χ3n) is 4.59. The third kappa shape index (κ3) is 1.25. The van der Waals surface area contributed by atoms with Crippen LogP contribution in [0.3, 0.4) is 0 Å². The zero-order valence-corrected chi connectivity index (χ0v) is 10.6. The molecule has 0 aliphatic carbocycles. The van der Waals surface area contributed by atoms with Crippen molar-refractivity contribution >= 4 is 11.6 Å². The Morgan fingerprint density at radius 1 is 1.25 bits per heavy atom. The molecule has 6 heteroatoms. The molecule has 3 heterocycles. The zero-order valence-electron chi connectivity index (χ0n) is 10.6. The number of nitrogens with zero attached hydrogens (tertiary/aromatic N) is 1. The second-order valence-electron chi connectivity index (χ2n) is 5.60. The van der Waals surface area contributed by atoms with Crippen LogP contribution in [0.2, 0.25) is 0 Å². The lowest BCUT2D eigenvalue weighted by Gasteiger charge is -2.37. The van der Waals surface area contributed by atoms with E-state index in [1.54, 1.807) is 24.3 Å². The maximum atomic E-state index is 12.2. The second kappa shape index (κ2) is 3.79. The number of para-hydroxylation sites is 1. The fourth-order valence-electron chi connectivity index (χ4n) is 3.64. The first-order valence-electron chi connectivity index (χ1n) is 6.70. The Bertz CT molecular complexity index is 591. The van der Waals surface area contributed by atoms with Gasteiger partial charge in [-0.25, -0.2) is 0 Å². The molecule has 3 aliphatic rings. The molecule has 0 aromatic heterocycles. The summed E-state index contributed by atoms with van der Waals surface area (Å²) in [6, 6.07) is 6.97. The second-order valence-corrected chi connectivity index (χ2v) is 5.60. The van der Waals surface area contributed by atoms with E-state index in [2.05, 4.69) is 0 Å². The smallest absolute Gasteiger partial charge is 0.229 e. The summed E-state index contributed by atoms with van der Waals surface area (Å²) in [5.41, 5.74) is -0.161. The van der Waals surface area contributed by atoms with E-state index in [0.717, 1.165) is 0 Å². The molecule has 5 unspecified atom stereocenters. The van der Waals surface area contributed by atoms with Gasteiger partial charge in [0.1, 0.15) is 24.4 Å². The molecule has 3 N–H and O–H groups in total. The van der Waals surface area contributed by atoms with Crippen LogP contribution in [0.4, 0.5) is 5.69 Å². The molecule has 5 atom stereocenters. The van der Waals surface area contributed by atoms with E-state index in [4.69, 9.17) is 4.74 Å². The molecule has 1 aromatic carbocycles. The summed E-state index contributed by atoms with van der Waals surface area (Å²) >= 11 is 0. The van der Waals surface area contributed by atoms with Gasteiger partial charge in [-0.3, -0.25) is 9.69 Å². The average molecular weight is 277 g/mol. The lowest BCUT2D eigenvalue weighted by Crippen LogP contribution is -2.55. The van der Waals surface area contributed by atoms with Crippen molar-refractivity contribution in [1.29, 1.82) is 0 Å². The SMILES string of the molecule is O=C1CCC23OC(C(O)c4ccccc4N12)C(O)C3O. The van der Waals surface area contributed by atoms with Crippen molar-refractivity contribution in [2.45, 2.75) is 43.0 Å². The summed E-state index contributed by atoms with van der Waals surface area (Å²) in [6.07, 6.45) is -3.88. The van der Waals surface area contributed by atoms with E-state index in [1.807, 2.05) is 0 Å². The van der Waals surface area contributed by atoms with Gasteiger partial charge in [0, 0.05) is 18.4 Å². The molecular formula is C14H15NO5. The molecule has 20 heavy (non-hydrogen) atoms. The highest BCUT2D eigenvalue weighted by atomic mass is 16.6. The lowest BCUT2D eigenvalue weighted by molar-refractivity contribution is -0.124. The third-order valence-corrected chi connectivity index (χ3v) is 4.59. The van der Waals surface area contributed by atoms with E-state index >= 15 is 0 Å². The number of aliphatic hydroxyl groups excluding tert-OH is 3. The summed E-state index contributed by atoms with van der Waals surface area (Å²) in [4.78, 5) is 13.6. The standard InChI is InChI=1S/C14H15NO5/c16-9-5-6-14-13(19)11(18)12(20-14)10(17)7-3-1-2-4-8(7)15(9)14/h1-4,10-13,17-19H,5-6H2. The molecule has 2 bridgehead atoms. The van der Waals surface area contributed by atoms with Gasteiger partial charge in [0.15, 0.2) is 5.72 Å². The molecule has 0 radical (unpaired) electrons. The predicted octanol–water partition coefficient (Wildman–Crippen LogP) is -0.323. The number of rotatable bonds is 0. The van der Waals surface area contributed by atoms with Crippen LogP contribution in [0.25, 0.3) is 0 Å². The molecular weight excluding hydrogens is 262 g/mol. The number of amides is 1. The minimum atomic E-state index is -1.26. The monoisotopic (exact) mass is 277 g/mol. The van der Waals surface area contributed by atoms with Gasteiger partial charge in [-0.1, -0.05) is 18.2 Å². The molecule has 2 saturated heterocycles. The number of anilines is 1. The molecule has 1 aromatic rings. The van der Waals surface area contributed by atoms with E-state index in [0.29, 0.717) is 17.7 Å². The van der Waals surface area contributed by atoms with Crippen LogP contribution in [0.1, 0.15) is 24.5 Å². The molecule has 106 valence electrons. The van der Waals surface area contributed by atoms with E-state index in [9.17, 15) is 20.1 Å². The Morgan fingerprint density at radius 3 is 2.80 bits per heavy atom. The van der Waals surface area contributed by atoms with Crippen LogP contribution in [-0.2, 0) is 9.53 Å². The Labute approximate surface area is 115 Å². The van der Waals surface area contributed by atoms with Crippen LogP contribution in [-0.4, -0.2) is 45.3 Å². The van der Waals surface area contributed by atoms with Gasteiger partial charge in [0.2, 0.25) is 5.91 Å². The Balaban J connectivity index is 1.99. The van der Waals surface area contributed by atoms with Crippen molar-refractivity contribution in [3.8, 4) is 0 Å². The first-order chi connectivity index (χ1) is 9.56. The number of hydrogen-bond donors (Lipinski definition) is 3. The summed E-state index contributed by atoms with van der Waals surface area (Å²) in [7, 11) is 0. The molecule has 2 fully saturated rings. The van der Waals surface area contributed by atoms with Crippen molar-refractivity contribution in [2.75, 3.05) is 4.90 Å². The van der Waals surface area contributed by atoms with E-state index in [-0.39, 0.29) is 12.3 Å². The van der Waals surface area contributed by atoms with Crippen LogP contribution in [0.15, 0.2) is 24.3 Å². The first-order valence-corrected chi connectivity index (χ1v) is 6.70. The van der Waals surface area contributed by atoms with Crippen LogP contribution < -0.4 is 4.90 Å². The molecule has 0 saturated carbocycles. The quantitative estimate of drug-likeness (QED) is 0.604. The van der Waals surface area contributed by atoms with Gasteiger partial charge in [-0.05, 0) is 6.07 Å². The lowest BCUT2D eigenvalue weighted by atomic mass is 9.91. The van der Waals surface area contributed by atoms with Crippen molar-refractivity contribution in [3.05, 3.63) is 29.8 Å². The van der Waals surface area contributed by atoms with Gasteiger partial charge in [-0.2, -0.15) is 0 Å². The number of aliphatic hydroxyl groups is 3. The fraction of sp³-hybridized carbons (Fsp3) is 0.500. The van der Waals surface area contributed by atoms with Gasteiger partial charge < -0.3 is 20.1 Å². The predicted molar refractivity (Wildman–Crippen MR) is 67.7 cm³/mol. The largest absolute Gasteiger partial charge is 0.387 e. The molecule has 1 spiro atoms. The number of carbonyl (C=O) groups is 1. The maximum absolute atomic E-state index is 12.2. The Kier molecular flexibility index (Phi) is 2.33. The molecule has 4 rings (SSSR count). The summed E-state index contributed by atoms with van der Waals surface area (Å²) in [5.74, 6) is -0.168. The summed E-state index contributed by atoms with van der Waals surface area (Å²) in [6.45, 7) is 0. The number of benzene rings is 1. The number of fused-ring (bicyclic) bond motifs is 3. The normalized spacial score (nSPS) is 42.4. The van der Waals surface area contributed by atoms with Crippen molar-refractivity contribution in [1.82, 2.24) is 0 Å². The minimum absolute atomic E-state index is 0.168. The highest BCUT2D eigenvalue weighted by Crippen LogP contribution is 2.52. The number of hydrogen-bond acceptors (Lipinski definition) is 5. The average Bonchev–Trinajstić information content (AvgIpc) is 2.87. The van der Waals surface area contributed by atoms with Crippen molar-refractivity contribution < 1.29 is 24.9 Å². The van der Waals surface area contributed by atoms with Crippen LogP contribution in [0.5, 0.6) is 0 Å². The van der Waals surface area contributed by atoms with Crippen LogP contribution in [0, 0.1) is 0 Å². The molecule has 3 aliphatic heterocycles. The molecule has 1 amide bonds. The van der Waals surface area contributed by atoms with Gasteiger partial charge in [-0.15, -0.1) is 0 Å².